The lowest BCUT2D eigenvalue weighted by molar-refractivity contribution is 0.602. The number of thioether (sulfide) groups is 1. The molecule has 5 heteroatoms. The summed E-state index contributed by atoms with van der Waals surface area (Å²) in [5, 5.41) is 2.18. The Kier molecular flexibility index (Phi) is 3.03. The van der Waals surface area contributed by atoms with Crippen molar-refractivity contribution in [3.05, 3.63) is 36.4 Å². The van der Waals surface area contributed by atoms with E-state index in [1.54, 1.807) is 11.8 Å². The lowest BCUT2D eigenvalue weighted by Crippen LogP contribution is -2.06. The number of fused-ring (bicyclic) bond motifs is 1. The van der Waals surface area contributed by atoms with E-state index in [0.29, 0.717) is 5.75 Å². The van der Waals surface area contributed by atoms with Gasteiger partial charge in [0.15, 0.2) is 9.84 Å². The molecular formula is C13H13NO2S2. The van der Waals surface area contributed by atoms with Crippen LogP contribution < -0.4 is 0 Å². The minimum absolute atomic E-state index is 0.156. The molecule has 0 radical (unpaired) electrons. The zero-order valence-corrected chi connectivity index (χ0v) is 11.4. The van der Waals surface area contributed by atoms with Gasteiger partial charge in [0.05, 0.1) is 22.0 Å². The van der Waals surface area contributed by atoms with Crippen molar-refractivity contribution in [1.29, 1.82) is 0 Å². The van der Waals surface area contributed by atoms with E-state index in [-0.39, 0.29) is 11.0 Å². The SMILES string of the molecule is O=S1(=O)CC[C@@H](Sc2ccc3ccccc3n2)C1. The molecule has 1 aliphatic rings. The molecule has 3 nitrogen and oxygen atoms in total. The van der Waals surface area contributed by atoms with E-state index in [9.17, 15) is 8.42 Å². The van der Waals surface area contributed by atoms with Gasteiger partial charge in [-0.15, -0.1) is 11.8 Å². The van der Waals surface area contributed by atoms with Crippen molar-refractivity contribution in [1.82, 2.24) is 4.98 Å². The summed E-state index contributed by atoms with van der Waals surface area (Å²) < 4.78 is 22.8. The molecule has 1 saturated heterocycles. The highest BCUT2D eigenvalue weighted by atomic mass is 32.2. The maximum absolute atomic E-state index is 11.4. The molecule has 0 amide bonds. The number of rotatable bonds is 2. The van der Waals surface area contributed by atoms with Crippen molar-refractivity contribution < 1.29 is 8.42 Å². The third-order valence-corrected chi connectivity index (χ3v) is 6.23. The van der Waals surface area contributed by atoms with Gasteiger partial charge >= 0.3 is 0 Å². The second-order valence-electron chi connectivity index (χ2n) is 4.49. The first-order valence-corrected chi connectivity index (χ1v) is 8.55. The summed E-state index contributed by atoms with van der Waals surface area (Å²) in [4.78, 5) is 4.55. The molecule has 1 aromatic carbocycles. The number of nitrogens with zero attached hydrogens (tertiary/aromatic N) is 1. The largest absolute Gasteiger partial charge is 0.241 e. The average Bonchev–Trinajstić information content (AvgIpc) is 2.68. The van der Waals surface area contributed by atoms with Crippen LogP contribution in [-0.2, 0) is 9.84 Å². The highest BCUT2D eigenvalue weighted by Crippen LogP contribution is 2.30. The molecule has 1 atom stereocenters. The average molecular weight is 279 g/mol. The molecule has 2 aromatic rings. The molecule has 0 unspecified atom stereocenters. The van der Waals surface area contributed by atoms with Crippen molar-refractivity contribution in [2.45, 2.75) is 16.7 Å². The first kappa shape index (κ1) is 12.0. The third-order valence-electron chi connectivity index (χ3n) is 3.05. The van der Waals surface area contributed by atoms with Crippen molar-refractivity contribution in [2.75, 3.05) is 11.5 Å². The van der Waals surface area contributed by atoms with Gasteiger partial charge in [-0.1, -0.05) is 24.3 Å². The number of para-hydroxylation sites is 1. The summed E-state index contributed by atoms with van der Waals surface area (Å²) in [5.74, 6) is 0.602. The van der Waals surface area contributed by atoms with Crippen LogP contribution in [0.15, 0.2) is 41.4 Å². The fourth-order valence-electron chi connectivity index (χ4n) is 2.14. The van der Waals surface area contributed by atoms with E-state index in [1.807, 2.05) is 36.4 Å². The first-order chi connectivity index (χ1) is 8.62. The summed E-state index contributed by atoms with van der Waals surface area (Å²) in [5.41, 5.74) is 0.961. The second kappa shape index (κ2) is 4.55. The van der Waals surface area contributed by atoms with E-state index in [2.05, 4.69) is 4.98 Å². The van der Waals surface area contributed by atoms with Crippen LogP contribution in [-0.4, -0.2) is 30.2 Å². The van der Waals surface area contributed by atoms with E-state index in [4.69, 9.17) is 0 Å². The number of hydrogen-bond donors (Lipinski definition) is 0. The second-order valence-corrected chi connectivity index (χ2v) is 8.03. The highest BCUT2D eigenvalue weighted by molar-refractivity contribution is 8.01. The molecule has 3 rings (SSSR count). The number of aromatic nitrogens is 1. The van der Waals surface area contributed by atoms with Crippen molar-refractivity contribution in [3.63, 3.8) is 0 Å². The minimum atomic E-state index is -2.81. The molecule has 18 heavy (non-hydrogen) atoms. The van der Waals surface area contributed by atoms with Gasteiger partial charge in [0, 0.05) is 10.6 Å². The number of pyridine rings is 1. The Morgan fingerprint density at radius 3 is 2.78 bits per heavy atom. The van der Waals surface area contributed by atoms with Crippen LogP contribution >= 0.6 is 11.8 Å². The molecular weight excluding hydrogens is 266 g/mol. The third kappa shape index (κ3) is 2.52. The predicted molar refractivity (Wildman–Crippen MR) is 74.7 cm³/mol. The molecule has 2 heterocycles. The van der Waals surface area contributed by atoms with Gasteiger partial charge in [0.1, 0.15) is 0 Å². The Morgan fingerprint density at radius 2 is 2.00 bits per heavy atom. The van der Waals surface area contributed by atoms with Gasteiger partial charge in [-0.3, -0.25) is 0 Å². The van der Waals surface area contributed by atoms with Crippen LogP contribution in [0.4, 0.5) is 0 Å². The summed E-state index contributed by atoms with van der Waals surface area (Å²) >= 11 is 1.58. The van der Waals surface area contributed by atoms with E-state index < -0.39 is 9.84 Å². The summed E-state index contributed by atoms with van der Waals surface area (Å²) in [6.45, 7) is 0. The van der Waals surface area contributed by atoms with Crippen LogP contribution in [0.2, 0.25) is 0 Å². The Morgan fingerprint density at radius 1 is 1.17 bits per heavy atom. The molecule has 1 fully saturated rings. The quantitative estimate of drug-likeness (QED) is 0.847. The molecule has 0 N–H and O–H groups in total. The minimum Gasteiger partial charge on any atom is -0.241 e. The van der Waals surface area contributed by atoms with Crippen molar-refractivity contribution in [2.24, 2.45) is 0 Å². The summed E-state index contributed by atoms with van der Waals surface area (Å²) in [6.07, 6.45) is 0.738. The number of sulfone groups is 1. The van der Waals surface area contributed by atoms with Crippen LogP contribution in [0.1, 0.15) is 6.42 Å². The molecule has 1 aromatic heterocycles. The molecule has 0 saturated carbocycles. The van der Waals surface area contributed by atoms with Gasteiger partial charge < -0.3 is 0 Å². The zero-order valence-electron chi connectivity index (χ0n) is 9.74. The van der Waals surface area contributed by atoms with Crippen LogP contribution in [0.5, 0.6) is 0 Å². The smallest absolute Gasteiger partial charge is 0.151 e. The predicted octanol–water partition coefficient (Wildman–Crippen LogP) is 2.51. The Labute approximate surface area is 111 Å². The van der Waals surface area contributed by atoms with Gasteiger partial charge in [-0.05, 0) is 18.6 Å². The maximum Gasteiger partial charge on any atom is 0.151 e. The fourth-order valence-corrected chi connectivity index (χ4v) is 5.60. The zero-order chi connectivity index (χ0) is 12.6. The number of hydrogen-bond acceptors (Lipinski definition) is 4. The molecule has 1 aliphatic heterocycles. The summed E-state index contributed by atoms with van der Waals surface area (Å²) in [7, 11) is -2.81. The maximum atomic E-state index is 11.4. The standard InChI is InChI=1S/C13H13NO2S2/c15-18(16)8-7-11(9-18)17-13-6-5-10-3-1-2-4-12(10)14-13/h1-6,11H,7-9H2/t11-/m1/s1. The molecule has 0 aliphatic carbocycles. The van der Waals surface area contributed by atoms with Crippen molar-refractivity contribution in [3.8, 4) is 0 Å². The van der Waals surface area contributed by atoms with Crippen LogP contribution in [0.3, 0.4) is 0 Å². The van der Waals surface area contributed by atoms with E-state index in [1.165, 1.54) is 0 Å². The highest BCUT2D eigenvalue weighted by Gasteiger charge is 2.28. The fraction of sp³-hybridized carbons (Fsp3) is 0.308. The van der Waals surface area contributed by atoms with Gasteiger partial charge in [-0.25, -0.2) is 13.4 Å². The topological polar surface area (TPSA) is 47.0 Å². The van der Waals surface area contributed by atoms with Gasteiger partial charge in [0.25, 0.3) is 0 Å². The van der Waals surface area contributed by atoms with E-state index in [0.717, 1.165) is 22.3 Å². The van der Waals surface area contributed by atoms with Crippen LogP contribution in [0.25, 0.3) is 10.9 Å². The number of benzene rings is 1. The molecule has 94 valence electrons. The van der Waals surface area contributed by atoms with E-state index >= 15 is 0 Å². The lowest BCUT2D eigenvalue weighted by atomic mass is 10.2. The van der Waals surface area contributed by atoms with Crippen LogP contribution in [0, 0.1) is 0 Å². The Hall–Kier alpha value is -1.07. The molecule has 0 bridgehead atoms. The first-order valence-electron chi connectivity index (χ1n) is 5.85. The normalized spacial score (nSPS) is 22.3. The Bertz CT molecular complexity index is 682. The van der Waals surface area contributed by atoms with Gasteiger partial charge in [-0.2, -0.15) is 0 Å². The molecule has 0 spiro atoms. The summed E-state index contributed by atoms with van der Waals surface area (Å²) in [6, 6.07) is 12.0. The van der Waals surface area contributed by atoms with Gasteiger partial charge in [0.2, 0.25) is 0 Å². The van der Waals surface area contributed by atoms with Crippen molar-refractivity contribution >= 4 is 32.5 Å². The monoisotopic (exact) mass is 279 g/mol. The Balaban J connectivity index is 1.83. The lowest BCUT2D eigenvalue weighted by Gasteiger charge is -2.07.